The highest BCUT2D eigenvalue weighted by Crippen LogP contribution is 2.37. The highest BCUT2D eigenvalue weighted by molar-refractivity contribution is 7.87. The third kappa shape index (κ3) is 28.7. The lowest BCUT2D eigenvalue weighted by molar-refractivity contribution is 0.0193. The second-order valence-corrected chi connectivity index (χ2v) is 39.6. The molecule has 40 heteroatoms. The molecule has 11 N–H and O–H groups in total. The van der Waals surface area contributed by atoms with Gasteiger partial charge in [-0.1, -0.05) is 163 Å². The van der Waals surface area contributed by atoms with Gasteiger partial charge in [0.25, 0.3) is 0 Å². The normalized spacial score (nSPS) is 11.5. The summed E-state index contributed by atoms with van der Waals surface area (Å²) in [7, 11) is -14.4. The van der Waals surface area contributed by atoms with Gasteiger partial charge < -0.3 is 58.0 Å². The van der Waals surface area contributed by atoms with Crippen molar-refractivity contribution in [3.8, 4) is 114 Å². The summed E-state index contributed by atoms with van der Waals surface area (Å²) in [5.41, 5.74) is 19.2. The van der Waals surface area contributed by atoms with E-state index in [-0.39, 0.29) is 83.5 Å². The molecule has 0 amide bonds. The number of aromatic nitrogens is 8. The van der Waals surface area contributed by atoms with E-state index in [1.54, 1.807) is 123 Å². The molecule has 0 radical (unpaired) electrons. The monoisotopic (exact) mass is 2060 g/mol. The van der Waals surface area contributed by atoms with E-state index >= 15 is 0 Å². The molecular weight excluding hydrogens is 1950 g/mol. The highest BCUT2D eigenvalue weighted by atomic mass is 32.2. The predicted molar refractivity (Wildman–Crippen MR) is 545 cm³/mol. The van der Waals surface area contributed by atoms with Gasteiger partial charge in [-0.3, -0.25) is 0 Å². The fraction of sp³-hybridized carbons (Fsp3) is 0.208. The first-order valence-corrected chi connectivity index (χ1v) is 51.3. The number of phenols is 3. The van der Waals surface area contributed by atoms with Crippen LogP contribution in [0.4, 0.5) is 0 Å². The van der Waals surface area contributed by atoms with Gasteiger partial charge in [-0.05, 0) is 229 Å². The standard InChI is InChI=1S/C28H31N3O7S.C27H29N3O7S.C27H29N3O5S.C24H23N3O5S/c1-4-35-19-37-28-7-5-6-27(34-3)25(28)18-36-17-22-16-26(21-10-8-20(2)9-11-21)31(30-22)23-12-14-24(15-13-23)39(32,33)38-29;1-3-34-18-36-27-6-4-5-26(31)24(27)17-35-16-21-15-25(20-9-7-19(2)8-10-20)30(29-21)22-11-13-23(14-12-22)38(32,33)37-28;1-18(2)14-20-6-13-26(31)27(15-20)34-17-22-16-25(21-7-4-19(3)5-8-21)30(29-22)23-9-11-24(12-10-23)36(32,33)35-28;1-17-6-8-18(9-7-17)22-16-19(14-15-31-24-5-3-2-4-23(24)28)26-27(22)20-10-12-21(13-11-20)33(29,30)32-25/h5-16H,4,17-19,29H2,1-3H3;4-15,31H,3,16-18,28H2,1-2H3;4-13,15-16,18,31H,14,17,28H2,1-3H3;2-13,16,28H,14-15,25H2,1H3. The molecule has 4 aromatic heterocycles. The Bertz CT molecular complexity index is 7530. The Hall–Kier alpha value is -14.8. The Balaban J connectivity index is 0.000000163. The number of rotatable bonds is 42. The van der Waals surface area contributed by atoms with Crippen LogP contribution in [0.2, 0.25) is 0 Å². The SMILES string of the molecule is CCOCOc1cccc(O)c1COCc1cc(-c2ccc(C)cc2)n(-c2ccc(S(=O)(=O)ON)cc2)n1.CCOCOc1cccc(OC)c1COCc1cc(-c2ccc(C)cc2)n(-c2ccc(S(=O)(=O)ON)cc2)n1.Cc1ccc(-c2cc(CCOc3ccccc3O)nn2-c2ccc(S(=O)(=O)ON)cc2)cc1.Cc1ccc(-c2cc(COc3cc(CC(C)C)ccc3O)nn2-c2ccc(S(=O)(=O)ON)cc2)cc1. The average molecular weight is 2070 g/mol. The first-order valence-electron chi connectivity index (χ1n) is 45.7. The largest absolute Gasteiger partial charge is 0.507 e. The van der Waals surface area contributed by atoms with Gasteiger partial charge in [-0.2, -0.15) is 94.8 Å². The Kier molecular flexibility index (Phi) is 37.6. The molecule has 0 fully saturated rings. The van der Waals surface area contributed by atoms with Crippen LogP contribution in [0, 0.1) is 33.6 Å². The molecule has 0 atom stereocenters. The van der Waals surface area contributed by atoms with Gasteiger partial charge in [0.05, 0.1) is 133 Å². The molecule has 16 aromatic rings. The summed E-state index contributed by atoms with van der Waals surface area (Å²) in [6.07, 6.45) is 1.39. The van der Waals surface area contributed by atoms with Crippen molar-refractivity contribution in [2.75, 3.05) is 40.5 Å². The minimum absolute atomic E-state index is 0.0471. The molecule has 36 nitrogen and oxygen atoms in total. The van der Waals surface area contributed by atoms with Crippen molar-refractivity contribution in [3.05, 3.63) is 359 Å². The quantitative estimate of drug-likeness (QED) is 0.0106. The molecule has 0 bridgehead atoms. The maximum Gasteiger partial charge on any atom is 0.312 e. The second kappa shape index (κ2) is 50.6. The molecule has 0 saturated heterocycles. The predicted octanol–water partition coefficient (Wildman–Crippen LogP) is 17.4. The number of phenolic OH excluding ortho intramolecular Hbond substituents is 3. The van der Waals surface area contributed by atoms with Gasteiger partial charge in [-0.15, -0.1) is 0 Å². The second-order valence-electron chi connectivity index (χ2n) is 33.3. The fourth-order valence-electron chi connectivity index (χ4n) is 14.8. The van der Waals surface area contributed by atoms with Crippen LogP contribution in [-0.4, -0.2) is 129 Å². The van der Waals surface area contributed by atoms with Crippen molar-refractivity contribution in [2.45, 2.75) is 121 Å². The molecule has 146 heavy (non-hydrogen) atoms. The van der Waals surface area contributed by atoms with Crippen LogP contribution < -0.4 is 47.3 Å². The minimum Gasteiger partial charge on any atom is -0.507 e. The number of hydrogen-bond acceptors (Lipinski definition) is 32. The van der Waals surface area contributed by atoms with Crippen LogP contribution in [0.5, 0.6) is 46.0 Å². The highest BCUT2D eigenvalue weighted by Gasteiger charge is 2.25. The van der Waals surface area contributed by atoms with Crippen LogP contribution in [0.15, 0.2) is 317 Å². The zero-order chi connectivity index (χ0) is 104. The number of hydrogen-bond donors (Lipinski definition) is 7. The maximum absolute atomic E-state index is 11.9. The number of nitrogens with two attached hydrogens (primary N) is 4. The van der Waals surface area contributed by atoms with E-state index in [1.807, 2.05) is 193 Å². The minimum atomic E-state index is -4.02. The molecule has 0 aliphatic carbocycles. The number of nitrogens with zero attached hydrogens (tertiary/aromatic N) is 8. The number of aromatic hydroxyl groups is 3. The van der Waals surface area contributed by atoms with Crippen molar-refractivity contribution in [2.24, 2.45) is 29.5 Å². The van der Waals surface area contributed by atoms with E-state index in [0.29, 0.717) is 106 Å². The van der Waals surface area contributed by atoms with Crippen molar-refractivity contribution < 1.29 is 109 Å². The molecule has 12 aromatic carbocycles. The summed E-state index contributed by atoms with van der Waals surface area (Å²) in [6, 6.07) is 86.8. The van der Waals surface area contributed by atoms with Crippen molar-refractivity contribution in [3.63, 3.8) is 0 Å². The van der Waals surface area contributed by atoms with Gasteiger partial charge >= 0.3 is 40.5 Å². The van der Waals surface area contributed by atoms with E-state index in [4.69, 9.17) is 86.6 Å². The van der Waals surface area contributed by atoms with Gasteiger partial charge in [0.1, 0.15) is 35.3 Å². The average Bonchev–Trinajstić information content (AvgIpc) is 1.64. The van der Waals surface area contributed by atoms with E-state index in [2.05, 4.69) is 31.0 Å². The van der Waals surface area contributed by atoms with Crippen LogP contribution in [0.25, 0.3) is 67.8 Å². The molecule has 0 saturated carbocycles. The van der Waals surface area contributed by atoms with Crippen molar-refractivity contribution in [1.29, 1.82) is 0 Å². The first-order chi connectivity index (χ1) is 70.2. The van der Waals surface area contributed by atoms with E-state index < -0.39 is 40.5 Å². The Morgan fingerprint density at radius 1 is 0.315 bits per heavy atom. The number of para-hydroxylation sites is 2. The third-order valence-corrected chi connectivity index (χ3v) is 26.8. The maximum atomic E-state index is 11.9. The molecule has 0 unspecified atom stereocenters. The lowest BCUT2D eigenvalue weighted by Crippen LogP contribution is -2.11. The van der Waals surface area contributed by atoms with Crippen LogP contribution in [0.3, 0.4) is 0 Å². The molecule has 16 rings (SSSR count). The lowest BCUT2D eigenvalue weighted by atomic mass is 10.0. The smallest absolute Gasteiger partial charge is 0.312 e. The van der Waals surface area contributed by atoms with Crippen LogP contribution in [-0.2, 0) is 122 Å². The summed E-state index contributed by atoms with van der Waals surface area (Å²) in [5.74, 6) is 22.8. The third-order valence-electron chi connectivity index (χ3n) is 22.4. The molecule has 0 aliphatic rings. The molecular formula is C106H112N12O24S4. The van der Waals surface area contributed by atoms with E-state index in [0.717, 1.165) is 90.5 Å². The van der Waals surface area contributed by atoms with E-state index in [1.165, 1.54) is 48.5 Å². The zero-order valence-electron chi connectivity index (χ0n) is 81.3. The zero-order valence-corrected chi connectivity index (χ0v) is 84.6. The summed E-state index contributed by atoms with van der Waals surface area (Å²) < 4.78 is 169. The Morgan fingerprint density at radius 3 is 1.00 bits per heavy atom. The Morgan fingerprint density at radius 2 is 0.637 bits per heavy atom. The number of benzene rings is 12. The number of methoxy groups -OCH3 is 1. The van der Waals surface area contributed by atoms with Crippen molar-refractivity contribution in [1.82, 2.24) is 39.1 Å². The van der Waals surface area contributed by atoms with Gasteiger partial charge in [-0.25, -0.2) is 18.7 Å². The fourth-order valence-corrected chi connectivity index (χ4v) is 17.1. The molecule has 0 spiro atoms. The Labute approximate surface area is 846 Å². The summed E-state index contributed by atoms with van der Waals surface area (Å²) in [5, 5.41) is 49.4. The van der Waals surface area contributed by atoms with Gasteiger partial charge in [0, 0.05) is 41.9 Å². The van der Waals surface area contributed by atoms with Crippen LogP contribution in [0.1, 0.15) is 89.4 Å². The number of aryl methyl sites for hydroxylation is 4. The summed E-state index contributed by atoms with van der Waals surface area (Å²) >= 11 is 0. The topological polar surface area (TPSA) is 493 Å². The van der Waals surface area contributed by atoms with Gasteiger partial charge in [0.2, 0.25) is 0 Å². The van der Waals surface area contributed by atoms with Gasteiger partial charge in [0.15, 0.2) is 36.6 Å². The molecule has 0 aliphatic heterocycles. The van der Waals surface area contributed by atoms with Crippen molar-refractivity contribution >= 4 is 40.5 Å². The lowest BCUT2D eigenvalue weighted by Gasteiger charge is -2.14. The number of ether oxygens (including phenoxy) is 9. The first kappa shape index (κ1) is 108. The van der Waals surface area contributed by atoms with Crippen LogP contribution >= 0.6 is 0 Å². The summed E-state index contributed by atoms with van der Waals surface area (Å²) in [6.45, 7) is 18.5. The van der Waals surface area contributed by atoms with E-state index in [9.17, 15) is 49.0 Å². The molecule has 764 valence electrons. The summed E-state index contributed by atoms with van der Waals surface area (Å²) in [4.78, 5) is -0.228. The molecule has 4 heterocycles.